The molecule has 1 rings (SSSR count). The Kier molecular flexibility index (Phi) is 5.26. The number of nitrogens with one attached hydrogen (secondary N) is 1. The lowest BCUT2D eigenvalue weighted by atomic mass is 10.2. The van der Waals surface area contributed by atoms with Crippen molar-refractivity contribution in [3.63, 3.8) is 0 Å². The van der Waals surface area contributed by atoms with Crippen LogP contribution in [0.2, 0.25) is 0 Å². The molecule has 2 nitrogen and oxygen atoms in total. The molecule has 0 bridgehead atoms. The minimum Gasteiger partial charge on any atom is -0.352 e. The first-order valence-corrected chi connectivity index (χ1v) is 5.75. The van der Waals surface area contributed by atoms with Gasteiger partial charge in [-0.05, 0) is 31.0 Å². The van der Waals surface area contributed by atoms with E-state index in [1.807, 2.05) is 6.92 Å². The number of benzene rings is 1. The van der Waals surface area contributed by atoms with Crippen LogP contribution < -0.4 is 5.32 Å². The van der Waals surface area contributed by atoms with Gasteiger partial charge >= 0.3 is 0 Å². The second-order valence-corrected chi connectivity index (χ2v) is 4.18. The minimum atomic E-state index is -0.406. The van der Waals surface area contributed by atoms with Gasteiger partial charge in [0.25, 0.3) is 5.91 Å². The molecule has 1 N–H and O–H groups in total. The largest absolute Gasteiger partial charge is 0.352 e. The van der Waals surface area contributed by atoms with Gasteiger partial charge in [-0.1, -0.05) is 13.0 Å². The Balaban J connectivity index is 2.41. The minimum absolute atomic E-state index is 0.0767. The molecule has 0 radical (unpaired) electrons. The number of rotatable bonds is 5. The maximum absolute atomic E-state index is 12.8. The van der Waals surface area contributed by atoms with Gasteiger partial charge < -0.3 is 5.32 Å². The van der Waals surface area contributed by atoms with Crippen LogP contribution in [0.3, 0.4) is 0 Å². The third-order valence-electron chi connectivity index (χ3n) is 2.27. The van der Waals surface area contributed by atoms with Crippen LogP contribution in [0.4, 0.5) is 4.39 Å². The van der Waals surface area contributed by atoms with Crippen molar-refractivity contribution in [3.8, 4) is 0 Å². The molecule has 0 saturated heterocycles. The summed E-state index contributed by atoms with van der Waals surface area (Å²) < 4.78 is 12.8. The van der Waals surface area contributed by atoms with Crippen molar-refractivity contribution in [1.82, 2.24) is 5.32 Å². The van der Waals surface area contributed by atoms with Crippen LogP contribution in [0.25, 0.3) is 0 Å². The van der Waals surface area contributed by atoms with Crippen LogP contribution in [0.5, 0.6) is 0 Å². The van der Waals surface area contributed by atoms with E-state index >= 15 is 0 Å². The Morgan fingerprint density at radius 2 is 2.31 bits per heavy atom. The molecule has 1 aromatic carbocycles. The van der Waals surface area contributed by atoms with Crippen LogP contribution in [-0.4, -0.2) is 17.8 Å². The zero-order valence-electron chi connectivity index (χ0n) is 9.17. The van der Waals surface area contributed by atoms with Gasteiger partial charge in [-0.15, -0.1) is 11.6 Å². The lowest BCUT2D eigenvalue weighted by Gasteiger charge is -2.08. The van der Waals surface area contributed by atoms with Crippen molar-refractivity contribution < 1.29 is 9.18 Å². The highest BCUT2D eigenvalue weighted by Crippen LogP contribution is 2.06. The average molecular weight is 244 g/mol. The van der Waals surface area contributed by atoms with E-state index < -0.39 is 5.82 Å². The summed E-state index contributed by atoms with van der Waals surface area (Å²) >= 11 is 5.91. The van der Waals surface area contributed by atoms with E-state index in [-0.39, 0.29) is 11.3 Å². The van der Waals surface area contributed by atoms with Crippen molar-refractivity contribution in [1.29, 1.82) is 0 Å². The smallest absolute Gasteiger partial charge is 0.251 e. The zero-order valence-corrected chi connectivity index (χ0v) is 9.93. The maximum atomic E-state index is 12.8. The number of amides is 1. The summed E-state index contributed by atoms with van der Waals surface area (Å²) in [7, 11) is 0. The van der Waals surface area contributed by atoms with Crippen LogP contribution in [0, 0.1) is 5.82 Å². The summed E-state index contributed by atoms with van der Waals surface area (Å²) in [5.74, 6) is -0.670. The van der Waals surface area contributed by atoms with Gasteiger partial charge in [0, 0.05) is 17.5 Å². The number of alkyl halides is 1. The molecule has 0 heterocycles. The van der Waals surface area contributed by atoms with E-state index in [1.165, 1.54) is 18.2 Å². The molecule has 0 saturated carbocycles. The third-order valence-corrected chi connectivity index (χ3v) is 2.80. The molecular formula is C12H15ClFNO. The van der Waals surface area contributed by atoms with Crippen LogP contribution in [0.15, 0.2) is 24.3 Å². The van der Waals surface area contributed by atoms with Gasteiger partial charge in [-0.25, -0.2) is 4.39 Å². The van der Waals surface area contributed by atoms with E-state index in [4.69, 9.17) is 11.6 Å². The molecule has 4 heteroatoms. The highest BCUT2D eigenvalue weighted by Gasteiger charge is 2.06. The highest BCUT2D eigenvalue weighted by atomic mass is 35.5. The fourth-order valence-electron chi connectivity index (χ4n) is 1.28. The van der Waals surface area contributed by atoms with Gasteiger partial charge in [-0.2, -0.15) is 0 Å². The second kappa shape index (κ2) is 6.48. The van der Waals surface area contributed by atoms with E-state index in [0.717, 1.165) is 12.8 Å². The summed E-state index contributed by atoms with van der Waals surface area (Å²) in [6.45, 7) is 2.50. The maximum Gasteiger partial charge on any atom is 0.251 e. The Labute approximate surface area is 99.8 Å². The lowest BCUT2D eigenvalue weighted by molar-refractivity contribution is 0.0952. The SMILES string of the molecule is CCC(Cl)CCNC(=O)c1cccc(F)c1. The van der Waals surface area contributed by atoms with E-state index in [2.05, 4.69) is 5.32 Å². The number of hydrogen-bond acceptors (Lipinski definition) is 1. The number of hydrogen-bond donors (Lipinski definition) is 1. The van der Waals surface area contributed by atoms with E-state index in [9.17, 15) is 9.18 Å². The van der Waals surface area contributed by atoms with Crippen LogP contribution in [-0.2, 0) is 0 Å². The van der Waals surface area contributed by atoms with Crippen molar-refractivity contribution in [2.24, 2.45) is 0 Å². The molecule has 1 atom stereocenters. The molecule has 0 aliphatic heterocycles. The zero-order chi connectivity index (χ0) is 12.0. The summed E-state index contributed by atoms with van der Waals surface area (Å²) in [6, 6.07) is 5.62. The molecule has 16 heavy (non-hydrogen) atoms. The number of halogens is 2. The van der Waals surface area contributed by atoms with Gasteiger partial charge in [0.05, 0.1) is 0 Å². The Hall–Kier alpha value is -1.09. The molecule has 88 valence electrons. The Morgan fingerprint density at radius 1 is 1.56 bits per heavy atom. The number of carbonyl (C=O) groups excluding carboxylic acids is 1. The van der Waals surface area contributed by atoms with Gasteiger partial charge in [0.1, 0.15) is 5.82 Å². The molecule has 0 spiro atoms. The summed E-state index contributed by atoms with van der Waals surface area (Å²) in [5, 5.41) is 2.78. The lowest BCUT2D eigenvalue weighted by Crippen LogP contribution is -2.26. The quantitative estimate of drug-likeness (QED) is 0.792. The standard InChI is InChI=1S/C12H15ClFNO/c1-2-10(13)6-7-15-12(16)9-4-3-5-11(14)8-9/h3-5,8,10H,2,6-7H2,1H3,(H,15,16). The molecule has 0 aromatic heterocycles. The highest BCUT2D eigenvalue weighted by molar-refractivity contribution is 6.20. The summed E-state index contributed by atoms with van der Waals surface area (Å²) in [5.41, 5.74) is 0.336. The Bertz CT molecular complexity index is 357. The first-order valence-electron chi connectivity index (χ1n) is 5.31. The van der Waals surface area contributed by atoms with Crippen molar-refractivity contribution in [2.75, 3.05) is 6.54 Å². The monoisotopic (exact) mass is 243 g/mol. The first kappa shape index (κ1) is 13.0. The summed E-state index contributed by atoms with van der Waals surface area (Å²) in [4.78, 5) is 11.5. The van der Waals surface area contributed by atoms with Gasteiger partial charge in [0.15, 0.2) is 0 Å². The van der Waals surface area contributed by atoms with Crippen molar-refractivity contribution >= 4 is 17.5 Å². The summed E-state index contributed by atoms with van der Waals surface area (Å²) in [6.07, 6.45) is 1.59. The molecular weight excluding hydrogens is 229 g/mol. The van der Waals surface area contributed by atoms with Crippen molar-refractivity contribution in [3.05, 3.63) is 35.6 Å². The molecule has 0 aliphatic carbocycles. The normalized spacial score (nSPS) is 12.2. The molecule has 1 unspecified atom stereocenters. The van der Waals surface area contributed by atoms with Crippen LogP contribution >= 0.6 is 11.6 Å². The Morgan fingerprint density at radius 3 is 2.94 bits per heavy atom. The fourth-order valence-corrected chi connectivity index (χ4v) is 1.39. The van der Waals surface area contributed by atoms with E-state index in [1.54, 1.807) is 6.07 Å². The molecule has 1 amide bonds. The van der Waals surface area contributed by atoms with Crippen LogP contribution in [0.1, 0.15) is 30.1 Å². The van der Waals surface area contributed by atoms with E-state index in [0.29, 0.717) is 12.1 Å². The second-order valence-electron chi connectivity index (χ2n) is 3.56. The van der Waals surface area contributed by atoms with Crippen molar-refractivity contribution in [2.45, 2.75) is 25.1 Å². The predicted octanol–water partition coefficient (Wildman–Crippen LogP) is 2.96. The third kappa shape index (κ3) is 4.19. The molecule has 1 aromatic rings. The fraction of sp³-hybridized carbons (Fsp3) is 0.417. The van der Waals surface area contributed by atoms with Gasteiger partial charge in [-0.3, -0.25) is 4.79 Å². The van der Waals surface area contributed by atoms with Gasteiger partial charge in [0.2, 0.25) is 0 Å². The predicted molar refractivity (Wildman–Crippen MR) is 63.3 cm³/mol. The molecule has 0 aliphatic rings. The topological polar surface area (TPSA) is 29.1 Å². The average Bonchev–Trinajstić information content (AvgIpc) is 2.28. The number of carbonyl (C=O) groups is 1. The molecule has 0 fully saturated rings. The first-order chi connectivity index (χ1) is 7.63.